The second-order valence-electron chi connectivity index (χ2n) is 9.08. The van der Waals surface area contributed by atoms with E-state index in [4.69, 9.17) is 5.10 Å². The molecular weight excluding hydrogens is 374 g/mol. The van der Waals surface area contributed by atoms with Crippen molar-refractivity contribution in [3.8, 4) is 10.6 Å². The lowest BCUT2D eigenvalue weighted by Crippen LogP contribution is -2.49. The van der Waals surface area contributed by atoms with Crippen LogP contribution in [0.5, 0.6) is 0 Å². The molecule has 2 aromatic heterocycles. The van der Waals surface area contributed by atoms with Crippen molar-refractivity contribution in [1.82, 2.24) is 19.8 Å². The van der Waals surface area contributed by atoms with E-state index in [9.17, 15) is 10.1 Å². The van der Waals surface area contributed by atoms with Crippen LogP contribution in [0.1, 0.15) is 49.9 Å². The smallest absolute Gasteiger partial charge is 0.258 e. The predicted molar refractivity (Wildman–Crippen MR) is 105 cm³/mol. The standard InChI is InChI=1S/C20H21N5O2S/c1-11-2-3-15(7-16(11)25(26)27)17-23-24-18(21-22-19(24)28-17)20-8-12-4-13(9-20)6-14(5-12)10-20/h2-3,7,12-14H,4-6,8-10H2,1H3. The molecule has 8 heteroatoms. The van der Waals surface area contributed by atoms with Crippen LogP contribution in [0, 0.1) is 34.8 Å². The highest BCUT2D eigenvalue weighted by atomic mass is 32.1. The molecule has 4 aliphatic rings. The van der Waals surface area contributed by atoms with Crippen LogP contribution in [0.25, 0.3) is 15.5 Å². The first-order valence-electron chi connectivity index (χ1n) is 9.99. The molecule has 7 nitrogen and oxygen atoms in total. The molecule has 144 valence electrons. The average Bonchev–Trinajstić information content (AvgIpc) is 3.21. The van der Waals surface area contributed by atoms with Crippen LogP contribution in [-0.4, -0.2) is 24.7 Å². The molecule has 0 amide bonds. The maximum Gasteiger partial charge on any atom is 0.273 e. The highest BCUT2D eigenvalue weighted by Crippen LogP contribution is 2.60. The molecular formula is C20H21N5O2S. The summed E-state index contributed by atoms with van der Waals surface area (Å²) >= 11 is 1.46. The molecule has 4 aliphatic carbocycles. The van der Waals surface area contributed by atoms with Crippen LogP contribution in [0.4, 0.5) is 5.69 Å². The Kier molecular flexibility index (Phi) is 3.31. The van der Waals surface area contributed by atoms with E-state index < -0.39 is 0 Å². The second-order valence-corrected chi connectivity index (χ2v) is 10.0. The predicted octanol–water partition coefficient (Wildman–Crippen LogP) is 4.54. The fraction of sp³-hybridized carbons (Fsp3) is 0.550. The maximum atomic E-state index is 11.3. The van der Waals surface area contributed by atoms with E-state index in [1.807, 2.05) is 10.6 Å². The average molecular weight is 395 g/mol. The number of hydrogen-bond acceptors (Lipinski definition) is 6. The van der Waals surface area contributed by atoms with Gasteiger partial charge in [0.1, 0.15) is 5.01 Å². The summed E-state index contributed by atoms with van der Waals surface area (Å²) < 4.78 is 1.93. The highest BCUT2D eigenvalue weighted by molar-refractivity contribution is 7.19. The summed E-state index contributed by atoms with van der Waals surface area (Å²) in [6.07, 6.45) is 7.79. The van der Waals surface area contributed by atoms with Crippen LogP contribution in [-0.2, 0) is 5.41 Å². The molecule has 0 radical (unpaired) electrons. The summed E-state index contributed by atoms with van der Waals surface area (Å²) in [6, 6.07) is 5.31. The third kappa shape index (κ3) is 2.30. The van der Waals surface area contributed by atoms with Crippen LogP contribution in [0.3, 0.4) is 0 Å². The van der Waals surface area contributed by atoms with Crippen LogP contribution >= 0.6 is 11.3 Å². The van der Waals surface area contributed by atoms with Gasteiger partial charge in [0.15, 0.2) is 5.82 Å². The molecule has 4 saturated carbocycles. The van der Waals surface area contributed by atoms with Gasteiger partial charge in [-0.2, -0.15) is 9.61 Å². The first-order valence-corrected chi connectivity index (χ1v) is 10.8. The number of nitro benzene ring substituents is 1. The molecule has 0 saturated heterocycles. The minimum Gasteiger partial charge on any atom is -0.258 e. The number of nitro groups is 1. The Labute approximate surface area is 165 Å². The molecule has 3 aromatic rings. The molecule has 0 spiro atoms. The van der Waals surface area contributed by atoms with E-state index in [1.165, 1.54) is 49.9 Å². The molecule has 0 aliphatic heterocycles. The number of aromatic nitrogens is 4. The SMILES string of the molecule is Cc1ccc(-c2nn3c(C45CC6CC(CC(C6)C4)C5)nnc3s2)cc1[N+](=O)[O-]. The second kappa shape index (κ2) is 5.59. The normalized spacial score (nSPS) is 31.0. The topological polar surface area (TPSA) is 86.2 Å². The van der Waals surface area contributed by atoms with Crippen LogP contribution in [0.15, 0.2) is 18.2 Å². The van der Waals surface area contributed by atoms with Crippen molar-refractivity contribution in [1.29, 1.82) is 0 Å². The molecule has 4 bridgehead atoms. The molecule has 0 atom stereocenters. The Bertz CT molecular complexity index is 1080. The van der Waals surface area contributed by atoms with Crippen molar-refractivity contribution >= 4 is 22.0 Å². The van der Waals surface area contributed by atoms with E-state index in [2.05, 4.69) is 10.2 Å². The maximum absolute atomic E-state index is 11.3. The fourth-order valence-corrected chi connectivity index (χ4v) is 7.22. The minimum absolute atomic E-state index is 0.124. The molecule has 1 aromatic carbocycles. The number of aryl methyl sites for hydroxylation is 1. The zero-order valence-corrected chi connectivity index (χ0v) is 16.5. The molecule has 4 fully saturated rings. The Morgan fingerprint density at radius 1 is 1.14 bits per heavy atom. The van der Waals surface area contributed by atoms with Gasteiger partial charge in [0.2, 0.25) is 4.96 Å². The van der Waals surface area contributed by atoms with Gasteiger partial charge in [0, 0.05) is 22.6 Å². The van der Waals surface area contributed by atoms with Gasteiger partial charge in [-0.1, -0.05) is 23.5 Å². The van der Waals surface area contributed by atoms with Crippen molar-refractivity contribution in [2.45, 2.75) is 50.9 Å². The van der Waals surface area contributed by atoms with Gasteiger partial charge >= 0.3 is 0 Å². The number of benzene rings is 1. The zero-order chi connectivity index (χ0) is 19.0. The van der Waals surface area contributed by atoms with E-state index in [1.54, 1.807) is 19.1 Å². The van der Waals surface area contributed by atoms with Crippen LogP contribution in [0.2, 0.25) is 0 Å². The summed E-state index contributed by atoms with van der Waals surface area (Å²) in [7, 11) is 0. The first kappa shape index (κ1) is 16.6. The first-order chi connectivity index (χ1) is 13.5. The van der Waals surface area contributed by atoms with Gasteiger partial charge in [0.05, 0.1) is 4.92 Å². The van der Waals surface area contributed by atoms with Gasteiger partial charge < -0.3 is 0 Å². The summed E-state index contributed by atoms with van der Waals surface area (Å²) in [5.74, 6) is 3.51. The Balaban J connectivity index is 1.44. The van der Waals surface area contributed by atoms with E-state index in [0.29, 0.717) is 5.56 Å². The summed E-state index contributed by atoms with van der Waals surface area (Å²) in [4.78, 5) is 11.8. The summed E-state index contributed by atoms with van der Waals surface area (Å²) in [6.45, 7) is 1.76. The van der Waals surface area contributed by atoms with Gasteiger partial charge in [-0.15, -0.1) is 10.2 Å². The number of nitrogens with zero attached hydrogens (tertiary/aromatic N) is 5. The van der Waals surface area contributed by atoms with E-state index in [0.717, 1.165) is 39.1 Å². The molecule has 2 heterocycles. The van der Waals surface area contributed by atoms with Crippen molar-refractivity contribution in [2.24, 2.45) is 17.8 Å². The summed E-state index contributed by atoms with van der Waals surface area (Å²) in [5.41, 5.74) is 1.68. The van der Waals surface area contributed by atoms with Crippen molar-refractivity contribution in [3.63, 3.8) is 0 Å². The Hall–Kier alpha value is -2.35. The third-order valence-corrected chi connectivity index (χ3v) is 8.10. The van der Waals surface area contributed by atoms with E-state index >= 15 is 0 Å². The van der Waals surface area contributed by atoms with E-state index in [-0.39, 0.29) is 16.0 Å². The highest BCUT2D eigenvalue weighted by Gasteiger charge is 2.54. The summed E-state index contributed by atoms with van der Waals surface area (Å²) in [5, 5.41) is 25.9. The van der Waals surface area contributed by atoms with Gasteiger partial charge in [0.25, 0.3) is 5.69 Å². The lowest BCUT2D eigenvalue weighted by atomic mass is 9.49. The molecule has 0 N–H and O–H groups in total. The molecule has 0 unspecified atom stereocenters. The largest absolute Gasteiger partial charge is 0.273 e. The number of rotatable bonds is 3. The molecule has 7 rings (SSSR count). The van der Waals surface area contributed by atoms with Gasteiger partial charge in [-0.05, 0) is 63.2 Å². The van der Waals surface area contributed by atoms with Crippen LogP contribution < -0.4 is 0 Å². The number of hydrogen-bond donors (Lipinski definition) is 0. The molecule has 28 heavy (non-hydrogen) atoms. The lowest BCUT2D eigenvalue weighted by Gasteiger charge is -2.55. The number of fused-ring (bicyclic) bond motifs is 1. The quantitative estimate of drug-likeness (QED) is 0.480. The van der Waals surface area contributed by atoms with Crippen molar-refractivity contribution < 1.29 is 4.92 Å². The lowest BCUT2D eigenvalue weighted by molar-refractivity contribution is -0.385. The fourth-order valence-electron chi connectivity index (χ4n) is 6.39. The monoisotopic (exact) mass is 395 g/mol. The Morgan fingerprint density at radius 3 is 2.46 bits per heavy atom. The zero-order valence-electron chi connectivity index (χ0n) is 15.7. The third-order valence-electron chi connectivity index (χ3n) is 7.16. The Morgan fingerprint density at radius 2 is 1.82 bits per heavy atom. The minimum atomic E-state index is -0.333. The van der Waals surface area contributed by atoms with Crippen molar-refractivity contribution in [3.05, 3.63) is 39.7 Å². The van der Waals surface area contributed by atoms with Gasteiger partial charge in [-0.25, -0.2) is 0 Å². The van der Waals surface area contributed by atoms with Gasteiger partial charge in [-0.3, -0.25) is 10.1 Å². The van der Waals surface area contributed by atoms with Crippen molar-refractivity contribution in [2.75, 3.05) is 0 Å².